The fourth-order valence-electron chi connectivity index (χ4n) is 1.31. The molecule has 86 valence electrons. The summed E-state index contributed by atoms with van der Waals surface area (Å²) in [4.78, 5) is 0. The summed E-state index contributed by atoms with van der Waals surface area (Å²) < 4.78 is 18.3. The van der Waals surface area contributed by atoms with E-state index >= 15 is 0 Å². The molecule has 0 amide bonds. The first-order chi connectivity index (χ1) is 7.65. The van der Waals surface area contributed by atoms with Gasteiger partial charge in [-0.1, -0.05) is 0 Å². The highest BCUT2D eigenvalue weighted by atomic mass is 19.1. The van der Waals surface area contributed by atoms with Gasteiger partial charge in [0.25, 0.3) is 0 Å². The number of halogens is 1. The topological polar surface area (TPSA) is 53.2 Å². The second-order valence-corrected chi connectivity index (χ2v) is 3.47. The smallest absolute Gasteiger partial charge is 0.125 e. The van der Waals surface area contributed by atoms with Crippen LogP contribution in [0.5, 0.6) is 5.75 Å². The normalized spacial score (nSPS) is 11.9. The maximum Gasteiger partial charge on any atom is 0.125 e. The first kappa shape index (κ1) is 12.5. The van der Waals surface area contributed by atoms with E-state index < -0.39 is 11.9 Å². The molecule has 1 aromatic rings. The van der Waals surface area contributed by atoms with Crippen molar-refractivity contribution in [1.29, 1.82) is 5.26 Å². The third kappa shape index (κ3) is 3.52. The second-order valence-electron chi connectivity index (χ2n) is 3.47. The van der Waals surface area contributed by atoms with Crippen LogP contribution in [-0.4, -0.2) is 11.7 Å². The van der Waals surface area contributed by atoms with E-state index in [0.717, 1.165) is 0 Å². The molecule has 0 fully saturated rings. The van der Waals surface area contributed by atoms with Crippen LogP contribution in [0.4, 0.5) is 4.39 Å². The number of aliphatic hydroxyl groups is 1. The fraction of sp³-hybridized carbons (Fsp3) is 0.417. The SMILES string of the molecule is C[C@H](O)c1cc(F)ccc1OCCCC#N. The highest BCUT2D eigenvalue weighted by Crippen LogP contribution is 2.26. The van der Waals surface area contributed by atoms with Crippen LogP contribution in [0.1, 0.15) is 31.4 Å². The van der Waals surface area contributed by atoms with Gasteiger partial charge in [0.1, 0.15) is 11.6 Å². The monoisotopic (exact) mass is 223 g/mol. The summed E-state index contributed by atoms with van der Waals surface area (Å²) in [5.41, 5.74) is 0.428. The molecule has 1 atom stereocenters. The molecule has 0 radical (unpaired) electrons. The van der Waals surface area contributed by atoms with Crippen LogP contribution >= 0.6 is 0 Å². The summed E-state index contributed by atoms with van der Waals surface area (Å²) in [7, 11) is 0. The highest BCUT2D eigenvalue weighted by Gasteiger charge is 2.10. The number of benzene rings is 1. The zero-order valence-corrected chi connectivity index (χ0v) is 9.11. The Morgan fingerprint density at radius 3 is 2.94 bits per heavy atom. The van der Waals surface area contributed by atoms with Crippen molar-refractivity contribution in [2.24, 2.45) is 0 Å². The fourth-order valence-corrected chi connectivity index (χ4v) is 1.31. The predicted octanol–water partition coefficient (Wildman–Crippen LogP) is 2.56. The second kappa shape index (κ2) is 6.09. The number of hydrogen-bond donors (Lipinski definition) is 1. The Morgan fingerprint density at radius 1 is 1.56 bits per heavy atom. The Balaban J connectivity index is 2.68. The molecule has 4 heteroatoms. The lowest BCUT2D eigenvalue weighted by Gasteiger charge is -2.12. The summed E-state index contributed by atoms with van der Waals surface area (Å²) >= 11 is 0. The summed E-state index contributed by atoms with van der Waals surface area (Å²) in [5, 5.41) is 17.8. The van der Waals surface area contributed by atoms with Crippen molar-refractivity contribution >= 4 is 0 Å². The molecule has 0 unspecified atom stereocenters. The van der Waals surface area contributed by atoms with Crippen LogP contribution in [0.2, 0.25) is 0 Å². The van der Waals surface area contributed by atoms with Gasteiger partial charge in [0.05, 0.1) is 18.8 Å². The van der Waals surface area contributed by atoms with Gasteiger partial charge in [-0.25, -0.2) is 4.39 Å². The highest BCUT2D eigenvalue weighted by molar-refractivity contribution is 5.35. The van der Waals surface area contributed by atoms with Gasteiger partial charge in [-0.2, -0.15) is 5.26 Å². The van der Waals surface area contributed by atoms with Crippen LogP contribution in [0.15, 0.2) is 18.2 Å². The van der Waals surface area contributed by atoms with Gasteiger partial charge in [-0.3, -0.25) is 0 Å². The van der Waals surface area contributed by atoms with E-state index in [2.05, 4.69) is 0 Å². The van der Waals surface area contributed by atoms with Crippen LogP contribution in [0, 0.1) is 17.1 Å². The van der Waals surface area contributed by atoms with Gasteiger partial charge in [-0.15, -0.1) is 0 Å². The number of rotatable bonds is 5. The molecular weight excluding hydrogens is 209 g/mol. The van der Waals surface area contributed by atoms with E-state index in [1.807, 2.05) is 6.07 Å². The number of nitrogens with zero attached hydrogens (tertiary/aromatic N) is 1. The van der Waals surface area contributed by atoms with Crippen molar-refractivity contribution < 1.29 is 14.2 Å². The summed E-state index contributed by atoms with van der Waals surface area (Å²) in [6, 6.07) is 6.04. The number of unbranched alkanes of at least 4 members (excludes halogenated alkanes) is 1. The van der Waals surface area contributed by atoms with E-state index in [0.29, 0.717) is 30.8 Å². The van der Waals surface area contributed by atoms with E-state index in [9.17, 15) is 9.50 Å². The maximum atomic E-state index is 12.9. The molecule has 3 nitrogen and oxygen atoms in total. The van der Waals surface area contributed by atoms with Gasteiger partial charge in [0, 0.05) is 12.0 Å². The lowest BCUT2D eigenvalue weighted by atomic mass is 10.1. The van der Waals surface area contributed by atoms with Gasteiger partial charge < -0.3 is 9.84 Å². The molecule has 1 aromatic carbocycles. The summed E-state index contributed by atoms with van der Waals surface area (Å²) in [5.74, 6) is 0.0645. The molecular formula is C12H14FNO2. The lowest BCUT2D eigenvalue weighted by Crippen LogP contribution is -2.02. The lowest BCUT2D eigenvalue weighted by molar-refractivity contribution is 0.190. The van der Waals surface area contributed by atoms with Crippen LogP contribution in [0.25, 0.3) is 0 Å². The minimum Gasteiger partial charge on any atom is -0.493 e. The van der Waals surface area contributed by atoms with Crippen LogP contribution < -0.4 is 4.74 Å². The standard InChI is InChI=1S/C12H14FNO2/c1-9(15)11-8-10(13)4-5-12(11)16-7-3-2-6-14/h4-5,8-9,15H,2-3,7H2,1H3/t9-/m0/s1. The van der Waals surface area contributed by atoms with Crippen LogP contribution in [-0.2, 0) is 0 Å². The van der Waals surface area contributed by atoms with E-state index in [4.69, 9.17) is 10.00 Å². The molecule has 0 spiro atoms. The van der Waals surface area contributed by atoms with Gasteiger partial charge in [-0.05, 0) is 31.5 Å². The van der Waals surface area contributed by atoms with Crippen molar-refractivity contribution in [2.45, 2.75) is 25.9 Å². The van der Waals surface area contributed by atoms with Crippen molar-refractivity contribution in [1.82, 2.24) is 0 Å². The van der Waals surface area contributed by atoms with Crippen molar-refractivity contribution in [3.05, 3.63) is 29.6 Å². The molecule has 0 aliphatic rings. The van der Waals surface area contributed by atoms with Gasteiger partial charge in [0.15, 0.2) is 0 Å². The predicted molar refractivity (Wildman–Crippen MR) is 57.4 cm³/mol. The number of hydrogen-bond acceptors (Lipinski definition) is 3. The van der Waals surface area contributed by atoms with Gasteiger partial charge in [0.2, 0.25) is 0 Å². The molecule has 0 saturated carbocycles. The van der Waals surface area contributed by atoms with E-state index in [1.165, 1.54) is 18.2 Å². The third-order valence-electron chi connectivity index (χ3n) is 2.11. The molecule has 0 heterocycles. The Kier molecular flexibility index (Phi) is 4.74. The molecule has 0 aliphatic heterocycles. The molecule has 0 aromatic heterocycles. The van der Waals surface area contributed by atoms with Crippen molar-refractivity contribution in [3.8, 4) is 11.8 Å². The first-order valence-corrected chi connectivity index (χ1v) is 5.12. The number of aliphatic hydroxyl groups excluding tert-OH is 1. The minimum atomic E-state index is -0.776. The molecule has 0 aliphatic carbocycles. The van der Waals surface area contributed by atoms with Gasteiger partial charge >= 0.3 is 0 Å². The Bertz CT molecular complexity index is 385. The largest absolute Gasteiger partial charge is 0.493 e. The maximum absolute atomic E-state index is 12.9. The average Bonchev–Trinajstić information content (AvgIpc) is 2.26. The molecule has 1 rings (SSSR count). The van der Waals surface area contributed by atoms with Crippen LogP contribution in [0.3, 0.4) is 0 Å². The Morgan fingerprint density at radius 2 is 2.31 bits per heavy atom. The van der Waals surface area contributed by atoms with Crippen molar-refractivity contribution in [2.75, 3.05) is 6.61 Å². The first-order valence-electron chi connectivity index (χ1n) is 5.12. The average molecular weight is 223 g/mol. The summed E-state index contributed by atoms with van der Waals surface area (Å²) in [6.07, 6.45) is 0.264. The van der Waals surface area contributed by atoms with Crippen molar-refractivity contribution in [3.63, 3.8) is 0 Å². The molecule has 0 bridgehead atoms. The zero-order chi connectivity index (χ0) is 12.0. The zero-order valence-electron chi connectivity index (χ0n) is 9.11. The van der Waals surface area contributed by atoms with E-state index in [-0.39, 0.29) is 0 Å². The Hall–Kier alpha value is -1.60. The third-order valence-corrected chi connectivity index (χ3v) is 2.11. The minimum absolute atomic E-state index is 0.388. The Labute approximate surface area is 94.1 Å². The molecule has 0 saturated heterocycles. The van der Waals surface area contributed by atoms with E-state index in [1.54, 1.807) is 6.92 Å². The number of ether oxygens (including phenoxy) is 1. The quantitative estimate of drug-likeness (QED) is 0.780. The number of nitriles is 1. The summed E-state index contributed by atoms with van der Waals surface area (Å²) in [6.45, 7) is 1.94. The molecule has 1 N–H and O–H groups in total. The molecule has 16 heavy (non-hydrogen) atoms.